The van der Waals surface area contributed by atoms with E-state index < -0.39 is 0 Å². The number of allylic oxidation sites excluding steroid dienone is 1. The number of ether oxygens (including phenoxy) is 1. The Morgan fingerprint density at radius 1 is 1.26 bits per heavy atom. The zero-order chi connectivity index (χ0) is 13.7. The molecule has 19 heavy (non-hydrogen) atoms. The highest BCUT2D eigenvalue weighted by atomic mass is 35.5. The summed E-state index contributed by atoms with van der Waals surface area (Å²) in [6, 6.07) is 14.8. The monoisotopic (exact) mass is 269 g/mol. The van der Waals surface area contributed by atoms with Gasteiger partial charge in [0, 0.05) is 6.07 Å². The van der Waals surface area contributed by atoms with Crippen LogP contribution in [0.3, 0.4) is 0 Å². The molecule has 94 valence electrons. The van der Waals surface area contributed by atoms with Crippen molar-refractivity contribution in [2.24, 2.45) is 0 Å². The van der Waals surface area contributed by atoms with E-state index in [0.29, 0.717) is 16.3 Å². The van der Waals surface area contributed by atoms with Crippen LogP contribution in [-0.2, 0) is 6.42 Å². The van der Waals surface area contributed by atoms with Gasteiger partial charge in [-0.2, -0.15) is 5.26 Å². The second-order valence-corrected chi connectivity index (χ2v) is 4.36. The zero-order valence-electron chi connectivity index (χ0n) is 10.3. The molecule has 0 aliphatic rings. The number of hydrogen-bond donors (Lipinski definition) is 0. The first-order valence-electron chi connectivity index (χ1n) is 5.81. The molecule has 0 aliphatic carbocycles. The predicted molar refractivity (Wildman–Crippen MR) is 76.6 cm³/mol. The van der Waals surface area contributed by atoms with E-state index in [1.807, 2.05) is 36.4 Å². The van der Waals surface area contributed by atoms with Crippen molar-refractivity contribution in [3.63, 3.8) is 0 Å². The number of nitriles is 1. The van der Waals surface area contributed by atoms with Crippen molar-refractivity contribution >= 4 is 11.6 Å². The van der Waals surface area contributed by atoms with E-state index in [0.717, 1.165) is 17.7 Å². The van der Waals surface area contributed by atoms with Gasteiger partial charge in [-0.1, -0.05) is 35.9 Å². The third-order valence-corrected chi connectivity index (χ3v) is 2.94. The third kappa shape index (κ3) is 3.15. The zero-order valence-corrected chi connectivity index (χ0v) is 11.0. The third-order valence-electron chi connectivity index (χ3n) is 2.63. The van der Waals surface area contributed by atoms with Crippen LogP contribution in [0.15, 0.2) is 55.1 Å². The second kappa shape index (κ2) is 6.08. The molecule has 2 rings (SSSR count). The number of benzene rings is 2. The molecule has 0 fully saturated rings. The van der Waals surface area contributed by atoms with Gasteiger partial charge in [0.15, 0.2) is 0 Å². The fourth-order valence-electron chi connectivity index (χ4n) is 1.70. The topological polar surface area (TPSA) is 33.0 Å². The van der Waals surface area contributed by atoms with Crippen LogP contribution in [0.5, 0.6) is 11.5 Å². The second-order valence-electron chi connectivity index (χ2n) is 3.96. The summed E-state index contributed by atoms with van der Waals surface area (Å²) < 4.78 is 5.80. The first-order chi connectivity index (χ1) is 9.24. The number of nitrogens with zero attached hydrogens (tertiary/aromatic N) is 1. The highest BCUT2D eigenvalue weighted by molar-refractivity contribution is 6.31. The standard InChI is InChI=1S/C16H12ClNO/c1-2-5-12-6-3-4-7-16(12)19-14-9-8-13(11-18)15(17)10-14/h2-4,6-10H,1,5H2. The summed E-state index contributed by atoms with van der Waals surface area (Å²) in [5, 5.41) is 9.22. The van der Waals surface area contributed by atoms with Crippen molar-refractivity contribution in [2.45, 2.75) is 6.42 Å². The van der Waals surface area contributed by atoms with Gasteiger partial charge in [-0.15, -0.1) is 6.58 Å². The van der Waals surface area contributed by atoms with Crippen molar-refractivity contribution in [1.82, 2.24) is 0 Å². The number of para-hydroxylation sites is 1. The maximum absolute atomic E-state index is 8.83. The van der Waals surface area contributed by atoms with E-state index in [2.05, 4.69) is 6.58 Å². The predicted octanol–water partition coefficient (Wildman–Crippen LogP) is 4.73. The van der Waals surface area contributed by atoms with Crippen LogP contribution < -0.4 is 4.74 Å². The van der Waals surface area contributed by atoms with Gasteiger partial charge in [0.1, 0.15) is 17.6 Å². The molecule has 0 heterocycles. The Hall–Kier alpha value is -2.24. The van der Waals surface area contributed by atoms with E-state index in [9.17, 15) is 0 Å². The summed E-state index contributed by atoms with van der Waals surface area (Å²) in [6.45, 7) is 3.73. The van der Waals surface area contributed by atoms with Gasteiger partial charge in [-0.3, -0.25) is 0 Å². The van der Waals surface area contributed by atoms with Gasteiger partial charge >= 0.3 is 0 Å². The average Bonchev–Trinajstić information content (AvgIpc) is 2.41. The molecular formula is C16H12ClNO. The van der Waals surface area contributed by atoms with Crippen molar-refractivity contribution in [3.05, 3.63) is 71.3 Å². The fourth-order valence-corrected chi connectivity index (χ4v) is 1.92. The summed E-state index contributed by atoms with van der Waals surface area (Å²) in [5.41, 5.74) is 1.49. The van der Waals surface area contributed by atoms with Gasteiger partial charge in [-0.05, 0) is 30.2 Å². The molecule has 0 saturated carbocycles. The molecule has 0 bridgehead atoms. The number of halogens is 1. The van der Waals surface area contributed by atoms with Crippen molar-refractivity contribution in [1.29, 1.82) is 5.26 Å². The Morgan fingerprint density at radius 2 is 2.05 bits per heavy atom. The van der Waals surface area contributed by atoms with Gasteiger partial charge in [0.05, 0.1) is 10.6 Å². The minimum Gasteiger partial charge on any atom is -0.457 e. The van der Waals surface area contributed by atoms with Crippen molar-refractivity contribution in [2.75, 3.05) is 0 Å². The first kappa shape index (κ1) is 13.2. The molecular weight excluding hydrogens is 258 g/mol. The summed E-state index contributed by atoms with van der Waals surface area (Å²) in [5.74, 6) is 1.38. The fraction of sp³-hybridized carbons (Fsp3) is 0.0625. The lowest BCUT2D eigenvalue weighted by atomic mass is 10.1. The maximum atomic E-state index is 8.83. The number of hydrogen-bond acceptors (Lipinski definition) is 2. The molecule has 0 amide bonds. The largest absolute Gasteiger partial charge is 0.457 e. The van der Waals surface area contributed by atoms with Gasteiger partial charge < -0.3 is 4.74 Å². The molecule has 0 aromatic heterocycles. The normalized spacial score (nSPS) is 9.68. The molecule has 0 N–H and O–H groups in total. The smallest absolute Gasteiger partial charge is 0.130 e. The molecule has 2 aromatic carbocycles. The Balaban J connectivity index is 2.29. The van der Waals surface area contributed by atoms with Gasteiger partial charge in [-0.25, -0.2) is 0 Å². The lowest BCUT2D eigenvalue weighted by Gasteiger charge is -2.10. The van der Waals surface area contributed by atoms with Crippen LogP contribution in [0, 0.1) is 11.3 Å². The SMILES string of the molecule is C=CCc1ccccc1Oc1ccc(C#N)c(Cl)c1. The molecule has 2 aromatic rings. The lowest BCUT2D eigenvalue weighted by molar-refractivity contribution is 0.477. The van der Waals surface area contributed by atoms with Crippen LogP contribution in [0.25, 0.3) is 0 Å². The van der Waals surface area contributed by atoms with E-state index >= 15 is 0 Å². The van der Waals surface area contributed by atoms with Crippen molar-refractivity contribution < 1.29 is 4.74 Å². The molecule has 2 nitrogen and oxygen atoms in total. The van der Waals surface area contributed by atoms with Crippen LogP contribution in [-0.4, -0.2) is 0 Å². The highest BCUT2D eigenvalue weighted by Gasteiger charge is 2.05. The van der Waals surface area contributed by atoms with Gasteiger partial charge in [0.2, 0.25) is 0 Å². The Kier molecular flexibility index (Phi) is 4.22. The van der Waals surface area contributed by atoms with Gasteiger partial charge in [0.25, 0.3) is 0 Å². The van der Waals surface area contributed by atoms with Crippen LogP contribution in [0.4, 0.5) is 0 Å². The molecule has 0 unspecified atom stereocenters. The summed E-state index contributed by atoms with van der Waals surface area (Å²) in [7, 11) is 0. The molecule has 0 aliphatic heterocycles. The highest BCUT2D eigenvalue weighted by Crippen LogP contribution is 2.29. The van der Waals surface area contributed by atoms with E-state index in [1.54, 1.807) is 18.2 Å². The van der Waals surface area contributed by atoms with E-state index in [1.165, 1.54) is 0 Å². The molecule has 3 heteroatoms. The molecule has 0 spiro atoms. The Morgan fingerprint density at radius 3 is 2.74 bits per heavy atom. The summed E-state index contributed by atoms with van der Waals surface area (Å²) >= 11 is 5.98. The minimum atomic E-state index is 0.390. The van der Waals surface area contributed by atoms with Crippen LogP contribution >= 0.6 is 11.6 Å². The molecule has 0 saturated heterocycles. The van der Waals surface area contributed by atoms with Crippen molar-refractivity contribution in [3.8, 4) is 17.6 Å². The molecule has 0 radical (unpaired) electrons. The minimum absolute atomic E-state index is 0.390. The molecule has 0 atom stereocenters. The Bertz CT molecular complexity index is 643. The Labute approximate surface area is 117 Å². The van der Waals surface area contributed by atoms with E-state index in [-0.39, 0.29) is 0 Å². The average molecular weight is 270 g/mol. The maximum Gasteiger partial charge on any atom is 0.130 e. The number of rotatable bonds is 4. The summed E-state index contributed by atoms with van der Waals surface area (Å²) in [4.78, 5) is 0. The lowest BCUT2D eigenvalue weighted by Crippen LogP contribution is -1.91. The quantitative estimate of drug-likeness (QED) is 0.752. The van der Waals surface area contributed by atoms with Crippen LogP contribution in [0.2, 0.25) is 5.02 Å². The first-order valence-corrected chi connectivity index (χ1v) is 6.18. The van der Waals surface area contributed by atoms with E-state index in [4.69, 9.17) is 21.6 Å². The van der Waals surface area contributed by atoms with Crippen LogP contribution in [0.1, 0.15) is 11.1 Å². The summed E-state index contributed by atoms with van der Waals surface area (Å²) in [6.07, 6.45) is 2.56.